The summed E-state index contributed by atoms with van der Waals surface area (Å²) in [5.74, 6) is -1.52. The van der Waals surface area contributed by atoms with E-state index < -0.39 is 26.8 Å². The van der Waals surface area contributed by atoms with Crippen molar-refractivity contribution in [2.45, 2.75) is 56.2 Å². The van der Waals surface area contributed by atoms with E-state index >= 15 is 0 Å². The van der Waals surface area contributed by atoms with Crippen LogP contribution in [0.25, 0.3) is 0 Å². The Bertz CT molecular complexity index is 445. The van der Waals surface area contributed by atoms with Gasteiger partial charge in [-0.1, -0.05) is 0 Å². The fraction of sp³-hybridized carbons (Fsp3) is 0.917. The Morgan fingerprint density at radius 1 is 1.47 bits per heavy atom. The average Bonchev–Trinajstić information content (AvgIpc) is 2.81. The molecule has 0 aromatic heterocycles. The van der Waals surface area contributed by atoms with Crippen LogP contribution >= 0.6 is 0 Å². The maximum absolute atomic E-state index is 11.8. The van der Waals surface area contributed by atoms with E-state index in [4.69, 9.17) is 14.6 Å². The summed E-state index contributed by atoms with van der Waals surface area (Å²) in [5.41, 5.74) is 0. The normalized spacial score (nSPS) is 37.5. The highest BCUT2D eigenvalue weighted by Gasteiger charge is 2.43. The summed E-state index contributed by atoms with van der Waals surface area (Å²) in [4.78, 5) is 10.5. The number of ether oxygens (including phenoxy) is 2. The van der Waals surface area contributed by atoms with Gasteiger partial charge in [-0.2, -0.15) is 0 Å². The Morgan fingerprint density at radius 3 is 2.79 bits per heavy atom. The average molecular weight is 292 g/mol. The Balaban J connectivity index is 1.89. The van der Waals surface area contributed by atoms with Gasteiger partial charge in [0, 0.05) is 12.8 Å². The zero-order chi connectivity index (χ0) is 14.1. The first kappa shape index (κ1) is 14.7. The van der Waals surface area contributed by atoms with E-state index in [1.165, 1.54) is 0 Å². The van der Waals surface area contributed by atoms with Gasteiger partial charge in [-0.25, -0.2) is 8.42 Å². The Morgan fingerprint density at radius 2 is 2.21 bits per heavy atom. The second-order valence-corrected chi connectivity index (χ2v) is 7.85. The third-order valence-electron chi connectivity index (χ3n) is 3.73. The third kappa shape index (κ3) is 3.67. The first-order valence-corrected chi connectivity index (χ1v) is 8.27. The zero-order valence-corrected chi connectivity index (χ0v) is 11.8. The summed E-state index contributed by atoms with van der Waals surface area (Å²) in [7, 11) is -3.01. The SMILES string of the molecule is CC1(CC2CCCS2(=O)=O)OCC(CCC(=O)O)O1. The van der Waals surface area contributed by atoms with E-state index in [-0.39, 0.29) is 18.3 Å². The molecular formula is C12H20O6S. The number of hydrogen-bond donors (Lipinski definition) is 1. The highest BCUT2D eigenvalue weighted by atomic mass is 32.2. The molecular weight excluding hydrogens is 272 g/mol. The third-order valence-corrected chi connectivity index (χ3v) is 6.01. The molecule has 0 aliphatic carbocycles. The number of sulfone groups is 1. The maximum Gasteiger partial charge on any atom is 0.303 e. The molecule has 2 aliphatic rings. The number of carbonyl (C=O) groups is 1. The summed E-state index contributed by atoms with van der Waals surface area (Å²) >= 11 is 0. The Kier molecular flexibility index (Phi) is 4.17. The molecule has 3 atom stereocenters. The van der Waals surface area contributed by atoms with E-state index in [2.05, 4.69) is 0 Å². The molecule has 1 N–H and O–H groups in total. The molecule has 2 aliphatic heterocycles. The molecule has 2 saturated heterocycles. The monoisotopic (exact) mass is 292 g/mol. The van der Waals surface area contributed by atoms with E-state index in [0.717, 1.165) is 0 Å². The lowest BCUT2D eigenvalue weighted by molar-refractivity contribution is -0.160. The molecule has 0 aromatic carbocycles. The van der Waals surface area contributed by atoms with E-state index in [1.807, 2.05) is 0 Å². The molecule has 2 heterocycles. The fourth-order valence-electron chi connectivity index (χ4n) is 2.72. The predicted molar refractivity (Wildman–Crippen MR) is 67.5 cm³/mol. The molecule has 110 valence electrons. The van der Waals surface area contributed by atoms with Crippen LogP contribution in [0.2, 0.25) is 0 Å². The largest absolute Gasteiger partial charge is 0.481 e. The minimum atomic E-state index is -3.01. The molecule has 0 saturated carbocycles. The van der Waals surface area contributed by atoms with Crippen LogP contribution in [-0.4, -0.2) is 49.0 Å². The van der Waals surface area contributed by atoms with Gasteiger partial charge in [0.2, 0.25) is 0 Å². The zero-order valence-electron chi connectivity index (χ0n) is 11.0. The van der Waals surface area contributed by atoms with Gasteiger partial charge in [-0.15, -0.1) is 0 Å². The van der Waals surface area contributed by atoms with E-state index in [9.17, 15) is 13.2 Å². The minimum absolute atomic E-state index is 0.0336. The highest BCUT2D eigenvalue weighted by molar-refractivity contribution is 7.92. The second kappa shape index (κ2) is 5.38. The summed E-state index contributed by atoms with van der Waals surface area (Å²) < 4.78 is 34.9. The number of rotatable bonds is 5. The van der Waals surface area contributed by atoms with Crippen LogP contribution in [0.3, 0.4) is 0 Å². The van der Waals surface area contributed by atoms with Crippen molar-refractivity contribution in [3.63, 3.8) is 0 Å². The standard InChI is InChI=1S/C12H20O6S/c1-12(7-10-3-2-6-19(10,15)16)17-8-9(18-12)4-5-11(13)14/h9-10H,2-8H2,1H3,(H,13,14). The lowest BCUT2D eigenvalue weighted by atomic mass is 10.1. The summed E-state index contributed by atoms with van der Waals surface area (Å²) in [6.45, 7) is 2.07. The van der Waals surface area contributed by atoms with Crippen LogP contribution in [0.5, 0.6) is 0 Å². The molecule has 7 heteroatoms. The Labute approximate surface area is 113 Å². The van der Waals surface area contributed by atoms with Crippen molar-refractivity contribution in [2.75, 3.05) is 12.4 Å². The summed E-state index contributed by atoms with van der Waals surface area (Å²) in [5, 5.41) is 8.23. The van der Waals surface area contributed by atoms with E-state index in [1.54, 1.807) is 6.92 Å². The number of aliphatic carboxylic acids is 1. The molecule has 19 heavy (non-hydrogen) atoms. The number of hydrogen-bond acceptors (Lipinski definition) is 5. The van der Waals surface area contributed by atoms with Crippen molar-refractivity contribution < 1.29 is 27.8 Å². The fourth-order valence-corrected chi connectivity index (χ4v) is 4.71. The van der Waals surface area contributed by atoms with E-state index in [0.29, 0.717) is 32.3 Å². The smallest absolute Gasteiger partial charge is 0.303 e. The highest BCUT2D eigenvalue weighted by Crippen LogP contribution is 2.35. The van der Waals surface area contributed by atoms with Gasteiger partial charge in [-0.3, -0.25) is 4.79 Å². The molecule has 0 aromatic rings. The van der Waals surface area contributed by atoms with Crippen molar-refractivity contribution in [1.82, 2.24) is 0 Å². The van der Waals surface area contributed by atoms with Gasteiger partial charge >= 0.3 is 5.97 Å². The van der Waals surface area contributed by atoms with Crippen molar-refractivity contribution in [2.24, 2.45) is 0 Å². The molecule has 6 nitrogen and oxygen atoms in total. The lowest BCUT2D eigenvalue weighted by Gasteiger charge is -2.26. The van der Waals surface area contributed by atoms with Crippen LogP contribution in [0.4, 0.5) is 0 Å². The number of carboxylic acids is 1. The predicted octanol–water partition coefficient (Wildman–Crippen LogP) is 0.950. The van der Waals surface area contributed by atoms with Gasteiger partial charge < -0.3 is 14.6 Å². The first-order chi connectivity index (χ1) is 8.81. The van der Waals surface area contributed by atoms with Crippen molar-refractivity contribution in [1.29, 1.82) is 0 Å². The number of carboxylic acid groups (broad SMARTS) is 1. The van der Waals surface area contributed by atoms with Crippen LogP contribution < -0.4 is 0 Å². The molecule has 3 unspecified atom stereocenters. The lowest BCUT2D eigenvalue weighted by Crippen LogP contribution is -2.34. The van der Waals surface area contributed by atoms with Crippen LogP contribution in [0, 0.1) is 0 Å². The van der Waals surface area contributed by atoms with Crippen molar-refractivity contribution in [3.8, 4) is 0 Å². The maximum atomic E-state index is 11.8. The summed E-state index contributed by atoms with van der Waals surface area (Å²) in [6.07, 6.45) is 1.86. The van der Waals surface area contributed by atoms with Gasteiger partial charge in [0.05, 0.1) is 23.7 Å². The molecule has 2 fully saturated rings. The molecule has 0 spiro atoms. The van der Waals surface area contributed by atoms with Crippen LogP contribution in [0.15, 0.2) is 0 Å². The first-order valence-electron chi connectivity index (χ1n) is 6.56. The van der Waals surface area contributed by atoms with Crippen LogP contribution in [-0.2, 0) is 24.1 Å². The van der Waals surface area contributed by atoms with Crippen LogP contribution in [0.1, 0.15) is 39.0 Å². The van der Waals surface area contributed by atoms with Gasteiger partial charge in [0.15, 0.2) is 15.6 Å². The minimum Gasteiger partial charge on any atom is -0.481 e. The quantitative estimate of drug-likeness (QED) is 0.811. The molecule has 0 bridgehead atoms. The van der Waals surface area contributed by atoms with Gasteiger partial charge in [-0.05, 0) is 26.2 Å². The Hall–Kier alpha value is -0.660. The second-order valence-electron chi connectivity index (χ2n) is 5.45. The summed E-state index contributed by atoms with van der Waals surface area (Å²) in [6, 6.07) is 0. The van der Waals surface area contributed by atoms with Gasteiger partial charge in [0.25, 0.3) is 0 Å². The molecule has 0 amide bonds. The molecule has 0 radical (unpaired) electrons. The van der Waals surface area contributed by atoms with Gasteiger partial charge in [0.1, 0.15) is 0 Å². The van der Waals surface area contributed by atoms with Crippen molar-refractivity contribution in [3.05, 3.63) is 0 Å². The van der Waals surface area contributed by atoms with Crippen molar-refractivity contribution >= 4 is 15.8 Å². The molecule has 2 rings (SSSR count). The topological polar surface area (TPSA) is 89.9 Å².